The maximum atomic E-state index is 13.2. The second kappa shape index (κ2) is 7.59. The molecule has 0 aliphatic carbocycles. The van der Waals surface area contributed by atoms with Crippen LogP contribution in [-0.2, 0) is 0 Å². The van der Waals surface area contributed by atoms with Crippen LogP contribution >= 0.6 is 15.9 Å². The molecule has 0 radical (unpaired) electrons. The molecular formula is C14H18BrFO. The van der Waals surface area contributed by atoms with Crippen LogP contribution in [-0.4, -0.2) is 5.78 Å². The van der Waals surface area contributed by atoms with Crippen LogP contribution in [0.1, 0.15) is 55.8 Å². The summed E-state index contributed by atoms with van der Waals surface area (Å²) in [6, 6.07) is 4.59. The minimum Gasteiger partial charge on any atom is -0.294 e. The molecule has 0 N–H and O–H groups in total. The summed E-state index contributed by atoms with van der Waals surface area (Å²) in [7, 11) is 0. The van der Waals surface area contributed by atoms with Gasteiger partial charge in [0.25, 0.3) is 0 Å². The number of carbonyl (C=O) groups excluding carboxylic acids is 1. The summed E-state index contributed by atoms with van der Waals surface area (Å²) >= 11 is 3.12. The van der Waals surface area contributed by atoms with Gasteiger partial charge in [0, 0.05) is 12.0 Å². The van der Waals surface area contributed by atoms with Gasteiger partial charge in [-0.1, -0.05) is 44.7 Å². The summed E-state index contributed by atoms with van der Waals surface area (Å²) in [6.45, 7) is 2.16. The number of hydrogen-bond acceptors (Lipinski definition) is 1. The van der Waals surface area contributed by atoms with Crippen molar-refractivity contribution in [2.24, 2.45) is 0 Å². The fraction of sp³-hybridized carbons (Fsp3) is 0.500. The highest BCUT2D eigenvalue weighted by Crippen LogP contribution is 2.22. The van der Waals surface area contributed by atoms with Crippen molar-refractivity contribution in [1.29, 1.82) is 0 Å². The van der Waals surface area contributed by atoms with E-state index in [1.807, 2.05) is 0 Å². The Hall–Kier alpha value is -0.700. The molecule has 0 unspecified atom stereocenters. The van der Waals surface area contributed by atoms with Gasteiger partial charge >= 0.3 is 0 Å². The van der Waals surface area contributed by atoms with E-state index in [1.165, 1.54) is 25.3 Å². The topological polar surface area (TPSA) is 17.1 Å². The van der Waals surface area contributed by atoms with Crippen molar-refractivity contribution in [3.63, 3.8) is 0 Å². The van der Waals surface area contributed by atoms with Gasteiger partial charge < -0.3 is 0 Å². The van der Waals surface area contributed by atoms with Crippen LogP contribution < -0.4 is 0 Å². The number of benzene rings is 1. The van der Waals surface area contributed by atoms with Crippen molar-refractivity contribution in [3.8, 4) is 0 Å². The largest absolute Gasteiger partial charge is 0.294 e. The molecule has 1 rings (SSSR count). The van der Waals surface area contributed by atoms with E-state index < -0.39 is 0 Å². The molecule has 0 aromatic heterocycles. The Bertz CT molecular complexity index is 376. The predicted octanol–water partition coefficient (Wildman–Crippen LogP) is 5.13. The van der Waals surface area contributed by atoms with Gasteiger partial charge in [-0.15, -0.1) is 0 Å². The van der Waals surface area contributed by atoms with E-state index in [4.69, 9.17) is 0 Å². The molecule has 17 heavy (non-hydrogen) atoms. The normalized spacial score (nSPS) is 10.5. The first-order valence-corrected chi connectivity index (χ1v) is 6.93. The van der Waals surface area contributed by atoms with Crippen molar-refractivity contribution in [2.75, 3.05) is 0 Å². The van der Waals surface area contributed by atoms with E-state index in [1.54, 1.807) is 12.1 Å². The highest BCUT2D eigenvalue weighted by Gasteiger charge is 2.12. The van der Waals surface area contributed by atoms with Gasteiger partial charge in [-0.2, -0.15) is 0 Å². The van der Waals surface area contributed by atoms with Crippen molar-refractivity contribution >= 4 is 21.7 Å². The summed E-state index contributed by atoms with van der Waals surface area (Å²) in [4.78, 5) is 11.9. The van der Waals surface area contributed by atoms with Gasteiger partial charge in [0.05, 0.1) is 4.47 Å². The Balaban J connectivity index is 2.44. The van der Waals surface area contributed by atoms with Crippen LogP contribution in [0.2, 0.25) is 0 Å². The molecule has 0 amide bonds. The Labute approximate surface area is 111 Å². The molecule has 1 aromatic rings. The molecule has 94 valence electrons. The van der Waals surface area contributed by atoms with Crippen molar-refractivity contribution < 1.29 is 9.18 Å². The van der Waals surface area contributed by atoms with E-state index in [2.05, 4.69) is 22.9 Å². The van der Waals surface area contributed by atoms with E-state index >= 15 is 0 Å². The molecule has 0 atom stereocenters. The van der Waals surface area contributed by atoms with Crippen molar-refractivity contribution in [1.82, 2.24) is 0 Å². The maximum absolute atomic E-state index is 13.2. The van der Waals surface area contributed by atoms with E-state index in [0.717, 1.165) is 12.8 Å². The van der Waals surface area contributed by atoms with Crippen LogP contribution in [0.4, 0.5) is 4.39 Å². The smallest absolute Gasteiger partial charge is 0.164 e. The molecule has 3 heteroatoms. The Morgan fingerprint density at radius 1 is 1.24 bits per heavy atom. The predicted molar refractivity (Wildman–Crippen MR) is 71.8 cm³/mol. The van der Waals surface area contributed by atoms with Gasteiger partial charge in [-0.25, -0.2) is 4.39 Å². The number of halogens is 2. The van der Waals surface area contributed by atoms with Crippen LogP contribution in [0, 0.1) is 5.82 Å². The minimum absolute atomic E-state index is 0.0212. The summed E-state index contributed by atoms with van der Waals surface area (Å²) in [5, 5.41) is 0. The van der Waals surface area contributed by atoms with Crippen LogP contribution in [0.15, 0.2) is 22.7 Å². The average Bonchev–Trinajstić information content (AvgIpc) is 2.32. The lowest BCUT2D eigenvalue weighted by Gasteiger charge is -2.04. The lowest BCUT2D eigenvalue weighted by Crippen LogP contribution is -2.01. The molecular weight excluding hydrogens is 283 g/mol. The number of rotatable bonds is 7. The third-order valence-electron chi connectivity index (χ3n) is 2.76. The SMILES string of the molecule is CCCCCCCC(=O)c1cccc(F)c1Br. The first-order chi connectivity index (χ1) is 8.16. The van der Waals surface area contributed by atoms with E-state index in [9.17, 15) is 9.18 Å². The first-order valence-electron chi connectivity index (χ1n) is 6.14. The number of ketones is 1. The average molecular weight is 301 g/mol. The maximum Gasteiger partial charge on any atom is 0.164 e. The lowest BCUT2D eigenvalue weighted by molar-refractivity contribution is 0.0978. The fourth-order valence-corrected chi connectivity index (χ4v) is 2.23. The molecule has 0 aliphatic rings. The zero-order valence-corrected chi connectivity index (χ0v) is 11.7. The molecule has 0 aliphatic heterocycles. The summed E-state index contributed by atoms with van der Waals surface area (Å²) in [6.07, 6.45) is 6.06. The van der Waals surface area contributed by atoms with Crippen LogP contribution in [0.25, 0.3) is 0 Å². The van der Waals surface area contributed by atoms with Gasteiger partial charge in [0.15, 0.2) is 5.78 Å². The van der Waals surface area contributed by atoms with E-state index in [0.29, 0.717) is 16.5 Å². The van der Waals surface area contributed by atoms with Gasteiger partial charge in [0.2, 0.25) is 0 Å². The Kier molecular flexibility index (Phi) is 6.41. The quantitative estimate of drug-likeness (QED) is 0.504. The van der Waals surface area contributed by atoms with Crippen molar-refractivity contribution in [2.45, 2.75) is 45.4 Å². The molecule has 0 heterocycles. The van der Waals surface area contributed by atoms with Gasteiger partial charge in [-0.05, 0) is 28.4 Å². The Morgan fingerprint density at radius 2 is 1.94 bits per heavy atom. The summed E-state index contributed by atoms with van der Waals surface area (Å²) in [5.41, 5.74) is 0.459. The highest BCUT2D eigenvalue weighted by molar-refractivity contribution is 9.10. The van der Waals surface area contributed by atoms with Crippen LogP contribution in [0.5, 0.6) is 0 Å². The monoisotopic (exact) mass is 300 g/mol. The second-order valence-corrected chi connectivity index (χ2v) is 4.98. The Morgan fingerprint density at radius 3 is 2.65 bits per heavy atom. The zero-order chi connectivity index (χ0) is 12.7. The highest BCUT2D eigenvalue weighted by atomic mass is 79.9. The first kappa shape index (κ1) is 14.4. The molecule has 0 fully saturated rings. The molecule has 1 aromatic carbocycles. The molecule has 1 nitrogen and oxygen atoms in total. The zero-order valence-electron chi connectivity index (χ0n) is 10.1. The minimum atomic E-state index is -0.373. The van der Waals surface area contributed by atoms with Gasteiger partial charge in [-0.3, -0.25) is 4.79 Å². The second-order valence-electron chi connectivity index (χ2n) is 4.19. The molecule has 0 saturated carbocycles. The van der Waals surface area contributed by atoms with Gasteiger partial charge in [0.1, 0.15) is 5.82 Å². The number of unbranched alkanes of at least 4 members (excludes halogenated alkanes) is 4. The molecule has 0 spiro atoms. The fourth-order valence-electron chi connectivity index (χ4n) is 1.74. The molecule has 0 saturated heterocycles. The summed E-state index contributed by atoms with van der Waals surface area (Å²) < 4.78 is 13.5. The number of Topliss-reactive ketones (excluding diaryl/α,β-unsaturated/α-hetero) is 1. The molecule has 0 bridgehead atoms. The van der Waals surface area contributed by atoms with Crippen molar-refractivity contribution in [3.05, 3.63) is 34.1 Å². The third kappa shape index (κ3) is 4.58. The number of carbonyl (C=O) groups is 1. The number of hydrogen-bond donors (Lipinski definition) is 0. The summed E-state index contributed by atoms with van der Waals surface area (Å²) in [5.74, 6) is -0.352. The lowest BCUT2D eigenvalue weighted by atomic mass is 10.0. The third-order valence-corrected chi connectivity index (χ3v) is 3.57. The van der Waals surface area contributed by atoms with Crippen LogP contribution in [0.3, 0.4) is 0 Å². The van der Waals surface area contributed by atoms with E-state index in [-0.39, 0.29) is 11.6 Å². The standard InChI is InChI=1S/C14H18BrFO/c1-2-3-4-5-6-10-13(17)11-8-7-9-12(16)14(11)15/h7-9H,2-6,10H2,1H3.